The first-order valence-electron chi connectivity index (χ1n) is 6.10. The maximum atomic E-state index is 5.85. The van der Waals surface area contributed by atoms with Crippen molar-refractivity contribution in [1.29, 1.82) is 0 Å². The first kappa shape index (κ1) is 13.5. The molecule has 100 valence electrons. The second-order valence-corrected chi connectivity index (χ2v) is 4.49. The summed E-state index contributed by atoms with van der Waals surface area (Å²) in [5, 5.41) is 3.50. The lowest BCUT2D eigenvalue weighted by molar-refractivity contribution is 0.317. The van der Waals surface area contributed by atoms with Crippen LogP contribution in [-0.2, 0) is 0 Å². The number of hydrogen-bond donors (Lipinski definition) is 2. The monoisotopic (exact) mass is 277 g/mol. The first-order valence-corrected chi connectivity index (χ1v) is 6.48. The second-order valence-electron chi connectivity index (χ2n) is 4.11. The molecule has 0 unspecified atom stereocenters. The Balaban J connectivity index is 2.06. The fourth-order valence-electron chi connectivity index (χ4n) is 1.58. The van der Waals surface area contributed by atoms with Crippen LogP contribution in [0.2, 0.25) is 5.15 Å². The maximum absolute atomic E-state index is 5.85. The summed E-state index contributed by atoms with van der Waals surface area (Å²) in [4.78, 5) is 4.14. The van der Waals surface area contributed by atoms with Crippen molar-refractivity contribution in [2.24, 2.45) is 0 Å². The molecule has 0 aliphatic carbocycles. The van der Waals surface area contributed by atoms with Crippen LogP contribution in [0.4, 0.5) is 17.2 Å². The molecule has 0 saturated carbocycles. The SMILES string of the molecule is CCCOc1ccc(Nc2cc(N)cc(Cl)n2)cc1. The highest BCUT2D eigenvalue weighted by Gasteiger charge is 2.00. The predicted octanol–water partition coefficient (Wildman–Crippen LogP) is 3.85. The first-order chi connectivity index (χ1) is 9.17. The number of aromatic nitrogens is 1. The molecule has 0 fully saturated rings. The smallest absolute Gasteiger partial charge is 0.134 e. The van der Waals surface area contributed by atoms with Crippen molar-refractivity contribution in [2.45, 2.75) is 13.3 Å². The van der Waals surface area contributed by atoms with Crippen molar-refractivity contribution >= 4 is 28.8 Å². The van der Waals surface area contributed by atoms with Crippen LogP contribution in [0.1, 0.15) is 13.3 Å². The van der Waals surface area contributed by atoms with Crippen molar-refractivity contribution in [3.05, 3.63) is 41.6 Å². The van der Waals surface area contributed by atoms with Crippen LogP contribution in [-0.4, -0.2) is 11.6 Å². The molecule has 0 bridgehead atoms. The highest BCUT2D eigenvalue weighted by atomic mass is 35.5. The van der Waals surface area contributed by atoms with Crippen molar-refractivity contribution in [1.82, 2.24) is 4.98 Å². The summed E-state index contributed by atoms with van der Waals surface area (Å²) in [6.45, 7) is 2.80. The van der Waals surface area contributed by atoms with Gasteiger partial charge in [-0.3, -0.25) is 0 Å². The molecular weight excluding hydrogens is 262 g/mol. The summed E-state index contributed by atoms with van der Waals surface area (Å²) in [6, 6.07) is 11.0. The number of hydrogen-bond acceptors (Lipinski definition) is 4. The molecule has 4 nitrogen and oxygen atoms in total. The number of nitrogens with zero attached hydrogens (tertiary/aromatic N) is 1. The minimum atomic E-state index is 0.366. The van der Waals surface area contributed by atoms with Gasteiger partial charge in [-0.25, -0.2) is 4.98 Å². The van der Waals surface area contributed by atoms with Crippen LogP contribution < -0.4 is 15.8 Å². The summed E-state index contributed by atoms with van der Waals surface area (Å²) >= 11 is 5.85. The number of rotatable bonds is 5. The third-order valence-corrected chi connectivity index (χ3v) is 2.61. The highest BCUT2D eigenvalue weighted by molar-refractivity contribution is 6.29. The van der Waals surface area contributed by atoms with E-state index in [1.54, 1.807) is 12.1 Å². The molecule has 0 radical (unpaired) electrons. The topological polar surface area (TPSA) is 60.2 Å². The van der Waals surface area contributed by atoms with Gasteiger partial charge in [-0.2, -0.15) is 0 Å². The molecule has 2 aromatic rings. The summed E-state index contributed by atoms with van der Waals surface area (Å²) in [5.74, 6) is 1.47. The fraction of sp³-hybridized carbons (Fsp3) is 0.214. The van der Waals surface area contributed by atoms with Gasteiger partial charge in [0.05, 0.1) is 6.61 Å². The Morgan fingerprint density at radius 3 is 2.63 bits per heavy atom. The predicted molar refractivity (Wildman–Crippen MR) is 79.2 cm³/mol. The van der Waals surface area contributed by atoms with Crippen molar-refractivity contribution in [3.8, 4) is 5.75 Å². The van der Waals surface area contributed by atoms with Gasteiger partial charge in [0.15, 0.2) is 0 Å². The number of pyridine rings is 1. The van der Waals surface area contributed by atoms with Crippen LogP contribution >= 0.6 is 11.6 Å². The van der Waals surface area contributed by atoms with Gasteiger partial charge in [-0.1, -0.05) is 18.5 Å². The van der Waals surface area contributed by atoms with E-state index in [0.717, 1.165) is 24.5 Å². The normalized spacial score (nSPS) is 10.2. The van der Waals surface area contributed by atoms with E-state index in [4.69, 9.17) is 22.1 Å². The zero-order valence-electron chi connectivity index (χ0n) is 10.7. The number of anilines is 3. The molecule has 0 amide bonds. The molecule has 0 saturated heterocycles. The number of nitrogens with one attached hydrogen (secondary N) is 1. The van der Waals surface area contributed by atoms with E-state index in [-0.39, 0.29) is 0 Å². The van der Waals surface area contributed by atoms with Crippen molar-refractivity contribution in [3.63, 3.8) is 0 Å². The fourth-order valence-corrected chi connectivity index (χ4v) is 1.80. The molecule has 0 aliphatic rings. The van der Waals surface area contributed by atoms with E-state index >= 15 is 0 Å². The van der Waals surface area contributed by atoms with Crippen LogP contribution in [0, 0.1) is 0 Å². The summed E-state index contributed by atoms with van der Waals surface area (Å²) < 4.78 is 5.51. The van der Waals surface area contributed by atoms with Gasteiger partial charge in [0.2, 0.25) is 0 Å². The molecule has 19 heavy (non-hydrogen) atoms. The zero-order chi connectivity index (χ0) is 13.7. The summed E-state index contributed by atoms with van der Waals surface area (Å²) in [7, 11) is 0. The van der Waals surface area contributed by atoms with Gasteiger partial charge < -0.3 is 15.8 Å². The largest absolute Gasteiger partial charge is 0.494 e. The minimum Gasteiger partial charge on any atom is -0.494 e. The Hall–Kier alpha value is -1.94. The number of benzene rings is 1. The van der Waals surface area contributed by atoms with Gasteiger partial charge in [0, 0.05) is 17.4 Å². The minimum absolute atomic E-state index is 0.366. The Kier molecular flexibility index (Phi) is 4.47. The third-order valence-electron chi connectivity index (χ3n) is 2.42. The quantitative estimate of drug-likeness (QED) is 0.815. The van der Waals surface area contributed by atoms with E-state index in [1.807, 2.05) is 24.3 Å². The Morgan fingerprint density at radius 1 is 1.26 bits per heavy atom. The molecule has 1 aromatic heterocycles. The molecule has 1 aromatic carbocycles. The van der Waals surface area contributed by atoms with E-state index < -0.39 is 0 Å². The van der Waals surface area contributed by atoms with Gasteiger partial charge >= 0.3 is 0 Å². The molecule has 2 rings (SSSR count). The van der Waals surface area contributed by atoms with Crippen molar-refractivity contribution < 1.29 is 4.74 Å². The lowest BCUT2D eigenvalue weighted by Gasteiger charge is -2.08. The molecule has 3 N–H and O–H groups in total. The van der Waals surface area contributed by atoms with Gasteiger partial charge in [-0.15, -0.1) is 0 Å². The maximum Gasteiger partial charge on any atom is 0.134 e. The summed E-state index contributed by atoms with van der Waals surface area (Å²) in [6.07, 6.45) is 0.992. The Bertz CT molecular complexity index is 523. The molecule has 5 heteroatoms. The number of nitrogen functional groups attached to an aromatic ring is 1. The number of nitrogens with two attached hydrogens (primary N) is 1. The van der Waals surface area contributed by atoms with Crippen LogP contribution in [0.3, 0.4) is 0 Å². The van der Waals surface area contributed by atoms with Crippen molar-refractivity contribution in [2.75, 3.05) is 17.7 Å². The number of ether oxygens (including phenoxy) is 1. The molecule has 0 atom stereocenters. The lowest BCUT2D eigenvalue weighted by atomic mass is 10.3. The zero-order valence-corrected chi connectivity index (χ0v) is 11.4. The molecule has 0 spiro atoms. The molecular formula is C14H16ClN3O. The number of halogens is 1. The van der Waals surface area contributed by atoms with Crippen LogP contribution in [0.25, 0.3) is 0 Å². The third kappa shape index (κ3) is 4.03. The Labute approximate surface area is 117 Å². The lowest BCUT2D eigenvalue weighted by Crippen LogP contribution is -1.97. The van der Waals surface area contributed by atoms with E-state index in [0.29, 0.717) is 16.7 Å². The molecule has 1 heterocycles. The average Bonchev–Trinajstić information content (AvgIpc) is 2.37. The van der Waals surface area contributed by atoms with Gasteiger partial charge in [0.25, 0.3) is 0 Å². The van der Waals surface area contributed by atoms with Crippen LogP contribution in [0.5, 0.6) is 5.75 Å². The molecule has 0 aliphatic heterocycles. The Morgan fingerprint density at radius 2 is 2.00 bits per heavy atom. The highest BCUT2D eigenvalue weighted by Crippen LogP contribution is 2.22. The second kappa shape index (κ2) is 6.29. The summed E-state index contributed by atoms with van der Waals surface area (Å²) in [5.41, 5.74) is 7.18. The van der Waals surface area contributed by atoms with E-state index in [2.05, 4.69) is 17.2 Å². The van der Waals surface area contributed by atoms with Crippen LogP contribution in [0.15, 0.2) is 36.4 Å². The van der Waals surface area contributed by atoms with E-state index in [9.17, 15) is 0 Å². The van der Waals surface area contributed by atoms with Gasteiger partial charge in [0.1, 0.15) is 16.7 Å². The van der Waals surface area contributed by atoms with E-state index in [1.165, 1.54) is 0 Å². The van der Waals surface area contributed by atoms with Gasteiger partial charge in [-0.05, 0) is 36.8 Å². The average molecular weight is 278 g/mol. The standard InChI is InChI=1S/C14H16ClN3O/c1-2-7-19-12-5-3-11(4-6-12)17-14-9-10(16)8-13(15)18-14/h3-6,8-9H,2,7H2,1H3,(H3,16,17,18).